The van der Waals surface area contributed by atoms with E-state index in [4.69, 9.17) is 4.74 Å². The van der Waals surface area contributed by atoms with Gasteiger partial charge in [-0.3, -0.25) is 10.1 Å². The molecule has 158 valence electrons. The van der Waals surface area contributed by atoms with Crippen molar-refractivity contribution in [1.82, 2.24) is 4.90 Å². The van der Waals surface area contributed by atoms with Crippen molar-refractivity contribution >= 4 is 42.6 Å². The van der Waals surface area contributed by atoms with Crippen LogP contribution in [-0.2, 0) is 6.54 Å². The lowest BCUT2D eigenvalue weighted by atomic mass is 9.47. The van der Waals surface area contributed by atoms with Crippen LogP contribution in [0.4, 0.5) is 5.69 Å². The second-order valence-electron chi connectivity index (χ2n) is 9.94. The van der Waals surface area contributed by atoms with E-state index >= 15 is 0 Å². The Morgan fingerprint density at radius 1 is 1.16 bits per heavy atom. The van der Waals surface area contributed by atoms with Crippen LogP contribution in [0.15, 0.2) is 48.5 Å². The molecule has 5 nitrogen and oxygen atoms in total. The molecule has 31 heavy (non-hydrogen) atoms. The molecule has 1 aliphatic heterocycles. The van der Waals surface area contributed by atoms with Crippen LogP contribution in [0.5, 0.6) is 5.75 Å². The summed E-state index contributed by atoms with van der Waals surface area (Å²) < 4.78 is 5.82. The van der Waals surface area contributed by atoms with Gasteiger partial charge in [-0.15, -0.1) is 0 Å². The minimum absolute atomic E-state index is 0.0237. The summed E-state index contributed by atoms with van der Waals surface area (Å²) in [5, 5.41) is 11.3. The zero-order valence-electron chi connectivity index (χ0n) is 19.7. The molecule has 1 heterocycles. The summed E-state index contributed by atoms with van der Waals surface area (Å²) in [6.07, 6.45) is 3.03. The number of aryl methyl sites for hydroxylation is 1. The molecule has 0 saturated heterocycles. The van der Waals surface area contributed by atoms with E-state index in [1.165, 1.54) is 11.1 Å². The maximum atomic E-state index is 11.6. The van der Waals surface area contributed by atoms with Crippen LogP contribution in [0.25, 0.3) is 5.57 Å². The Morgan fingerprint density at radius 3 is 2.35 bits per heavy atom. The topological polar surface area (TPSA) is 55.6 Å². The van der Waals surface area contributed by atoms with E-state index in [2.05, 4.69) is 66.6 Å². The fraction of sp³-hybridized carbons (Fsp3) is 0.364. The number of nitro benzene ring substituents is 1. The van der Waals surface area contributed by atoms with Gasteiger partial charge in [-0.1, -0.05) is 36.4 Å². The predicted molar refractivity (Wildman–Crippen MR) is 138 cm³/mol. The minimum Gasteiger partial charge on any atom is -0.484 e. The van der Waals surface area contributed by atoms with E-state index in [0.29, 0.717) is 5.75 Å². The van der Waals surface area contributed by atoms with Gasteiger partial charge in [0.1, 0.15) is 31.4 Å². The third kappa shape index (κ3) is 5.09. The van der Waals surface area contributed by atoms with Gasteiger partial charge in [0.15, 0.2) is 5.75 Å². The number of ether oxygens (including phenoxy) is 1. The molecule has 0 radical (unpaired) electrons. The van der Waals surface area contributed by atoms with Gasteiger partial charge < -0.3 is 9.64 Å². The summed E-state index contributed by atoms with van der Waals surface area (Å²) in [5.74, 6) is 0.337. The average Bonchev–Trinajstić information content (AvgIpc) is 2.65. The largest absolute Gasteiger partial charge is 0.484 e. The molecular formula is C22H30B4N2O3. The van der Waals surface area contributed by atoms with Crippen molar-refractivity contribution in [1.29, 1.82) is 0 Å². The smallest absolute Gasteiger partial charge is 0.311 e. The normalized spacial score (nSPS) is 17.9. The van der Waals surface area contributed by atoms with Gasteiger partial charge in [0.05, 0.1) is 11.0 Å². The fourth-order valence-electron chi connectivity index (χ4n) is 4.76. The molecule has 0 atom stereocenters. The summed E-state index contributed by atoms with van der Waals surface area (Å²) in [5.41, 5.74) is 4.45. The zero-order chi connectivity index (χ0) is 23.0. The molecule has 9 heteroatoms. The second kappa shape index (κ2) is 8.62. The van der Waals surface area contributed by atoms with E-state index in [1.54, 1.807) is 6.07 Å². The zero-order valence-corrected chi connectivity index (χ0v) is 19.7. The Balaban J connectivity index is 2.05. The lowest BCUT2D eigenvalue weighted by Gasteiger charge is -2.53. The Hall–Kier alpha value is -2.40. The minimum atomic E-state index is -0.362. The first-order valence-corrected chi connectivity index (χ1v) is 10.9. The monoisotopic (exact) mass is 414 g/mol. The Morgan fingerprint density at radius 2 is 1.81 bits per heavy atom. The van der Waals surface area contributed by atoms with Crippen molar-refractivity contribution in [2.75, 3.05) is 0 Å². The summed E-state index contributed by atoms with van der Waals surface area (Å²) in [6.45, 7) is 6.58. The number of hydrogen-bond donors (Lipinski definition) is 0. The molecule has 3 rings (SSSR count). The molecule has 0 aliphatic carbocycles. The molecule has 0 saturated carbocycles. The number of benzene rings is 2. The van der Waals surface area contributed by atoms with E-state index < -0.39 is 0 Å². The van der Waals surface area contributed by atoms with Crippen molar-refractivity contribution in [3.05, 3.63) is 75.3 Å². The molecule has 2 aromatic rings. The van der Waals surface area contributed by atoms with Gasteiger partial charge in [0, 0.05) is 12.6 Å². The SMILES string of the molecule is BC1(B)C=C(c2cc(OC(C)C)c([N+](=O)[O-])cc2C)CC(B)(B)N1Cc1ccccc1. The highest BCUT2D eigenvalue weighted by atomic mass is 16.6. The second-order valence-corrected chi connectivity index (χ2v) is 9.94. The van der Waals surface area contributed by atoms with Gasteiger partial charge in [-0.2, -0.15) is 0 Å². The number of rotatable bonds is 6. The first kappa shape index (κ1) is 23.3. The Labute approximate surface area is 189 Å². The van der Waals surface area contributed by atoms with Gasteiger partial charge in [-0.25, -0.2) is 0 Å². The Kier molecular flexibility index (Phi) is 6.47. The number of nitro groups is 1. The summed E-state index contributed by atoms with van der Waals surface area (Å²) >= 11 is 0. The predicted octanol–water partition coefficient (Wildman–Crippen LogP) is 0.820. The third-order valence-corrected chi connectivity index (χ3v) is 5.97. The van der Waals surface area contributed by atoms with E-state index in [0.717, 1.165) is 24.1 Å². The van der Waals surface area contributed by atoms with Crippen LogP contribution in [0.3, 0.4) is 0 Å². The van der Waals surface area contributed by atoms with Crippen LogP contribution in [0.2, 0.25) is 0 Å². The van der Waals surface area contributed by atoms with Crippen LogP contribution in [0, 0.1) is 17.0 Å². The first-order valence-electron chi connectivity index (χ1n) is 10.9. The molecule has 0 unspecified atom stereocenters. The third-order valence-electron chi connectivity index (χ3n) is 5.97. The van der Waals surface area contributed by atoms with Crippen LogP contribution >= 0.6 is 0 Å². The first-order chi connectivity index (χ1) is 14.4. The molecule has 1 aliphatic rings. The molecule has 0 bridgehead atoms. The molecule has 0 spiro atoms. The molecule has 0 fully saturated rings. The fourth-order valence-corrected chi connectivity index (χ4v) is 4.76. The van der Waals surface area contributed by atoms with Crippen molar-refractivity contribution in [3.63, 3.8) is 0 Å². The van der Waals surface area contributed by atoms with Crippen LogP contribution in [-0.4, -0.2) is 58.0 Å². The Bertz CT molecular complexity index is 1010. The van der Waals surface area contributed by atoms with Gasteiger partial charge in [-0.05, 0) is 66.2 Å². The van der Waals surface area contributed by atoms with Crippen molar-refractivity contribution in [2.24, 2.45) is 0 Å². The van der Waals surface area contributed by atoms with E-state index in [-0.39, 0.29) is 27.4 Å². The van der Waals surface area contributed by atoms with E-state index in [1.807, 2.05) is 32.9 Å². The van der Waals surface area contributed by atoms with Crippen LogP contribution in [0.1, 0.15) is 37.0 Å². The average molecular weight is 414 g/mol. The highest BCUT2D eigenvalue weighted by molar-refractivity contribution is 6.46. The van der Waals surface area contributed by atoms with Gasteiger partial charge >= 0.3 is 5.69 Å². The molecule has 0 aromatic heterocycles. The molecule has 2 aromatic carbocycles. The summed E-state index contributed by atoms with van der Waals surface area (Å²) in [6, 6.07) is 14.0. The lowest BCUT2D eigenvalue weighted by Crippen LogP contribution is -2.63. The van der Waals surface area contributed by atoms with E-state index in [9.17, 15) is 10.1 Å². The van der Waals surface area contributed by atoms with Crippen molar-refractivity contribution < 1.29 is 9.66 Å². The molecular weight excluding hydrogens is 384 g/mol. The maximum Gasteiger partial charge on any atom is 0.311 e. The summed E-state index contributed by atoms with van der Waals surface area (Å²) in [4.78, 5) is 13.7. The maximum absolute atomic E-state index is 11.6. The lowest BCUT2D eigenvalue weighted by molar-refractivity contribution is -0.386. The van der Waals surface area contributed by atoms with Gasteiger partial charge in [0.25, 0.3) is 0 Å². The number of hydrogen-bond acceptors (Lipinski definition) is 4. The van der Waals surface area contributed by atoms with Crippen molar-refractivity contribution in [3.8, 4) is 5.75 Å². The standard InChI is InChI=1S/C22H30B4N2O3/c1-14(2)31-20-10-18(15(3)9-19(20)28(29)30)17-11-21(23,24)27(22(25,26)12-17)13-16-7-5-4-6-8-16/h4-11,14H,12-13,23-26H2,1-3H3. The number of nitrogens with zero attached hydrogens (tertiary/aromatic N) is 2. The van der Waals surface area contributed by atoms with Crippen molar-refractivity contribution in [2.45, 2.75) is 50.5 Å². The quantitative estimate of drug-likeness (QED) is 0.400. The van der Waals surface area contributed by atoms with Crippen LogP contribution < -0.4 is 4.74 Å². The highest BCUT2D eigenvalue weighted by Gasteiger charge is 2.41. The summed E-state index contributed by atoms with van der Waals surface area (Å²) in [7, 11) is 9.03. The van der Waals surface area contributed by atoms with Gasteiger partial charge in [0.2, 0.25) is 0 Å². The molecule has 0 N–H and O–H groups in total. The molecule has 0 amide bonds. The highest BCUT2D eigenvalue weighted by Crippen LogP contribution is 2.41.